The van der Waals surface area contributed by atoms with E-state index < -0.39 is 0 Å². The van der Waals surface area contributed by atoms with Crippen LogP contribution in [0.25, 0.3) is 11.4 Å². The minimum absolute atomic E-state index is 0.175. The van der Waals surface area contributed by atoms with E-state index in [4.69, 9.17) is 0 Å². The average Bonchev–Trinajstić information content (AvgIpc) is 3.40. The highest BCUT2D eigenvalue weighted by Gasteiger charge is 2.16. The summed E-state index contributed by atoms with van der Waals surface area (Å²) in [6.07, 6.45) is 5.48. The van der Waals surface area contributed by atoms with Crippen LogP contribution < -0.4 is 10.6 Å². The van der Waals surface area contributed by atoms with Crippen LogP contribution in [0.1, 0.15) is 35.3 Å². The maximum Gasteiger partial charge on any atom is 0.315 e. The van der Waals surface area contributed by atoms with Gasteiger partial charge in [0.2, 0.25) is 0 Å². The van der Waals surface area contributed by atoms with Crippen LogP contribution in [-0.4, -0.2) is 25.6 Å². The van der Waals surface area contributed by atoms with Crippen LogP contribution in [-0.2, 0) is 6.54 Å². The van der Waals surface area contributed by atoms with Crippen molar-refractivity contribution in [2.75, 3.05) is 0 Å². The first kappa shape index (κ1) is 20.4. The maximum atomic E-state index is 12.4. The van der Waals surface area contributed by atoms with Crippen molar-refractivity contribution in [3.8, 4) is 11.4 Å². The summed E-state index contributed by atoms with van der Waals surface area (Å²) in [4.78, 5) is 12.4. The first-order valence-corrected chi connectivity index (χ1v) is 10.3. The Hall–Kier alpha value is -3.87. The van der Waals surface area contributed by atoms with E-state index in [1.165, 1.54) is 5.56 Å². The van der Waals surface area contributed by atoms with E-state index in [-0.39, 0.29) is 12.1 Å². The van der Waals surface area contributed by atoms with Gasteiger partial charge in [0.25, 0.3) is 0 Å². The van der Waals surface area contributed by atoms with Gasteiger partial charge in [-0.3, -0.25) is 0 Å². The van der Waals surface area contributed by atoms with E-state index in [2.05, 4.69) is 39.9 Å². The fraction of sp³-hybridized carbons (Fsp3) is 0.208. The number of amides is 2. The largest absolute Gasteiger partial charge is 0.334 e. The lowest BCUT2D eigenvalue weighted by atomic mass is 10.1. The summed E-state index contributed by atoms with van der Waals surface area (Å²) in [5.41, 5.74) is 6.09. The Balaban J connectivity index is 1.35. The lowest BCUT2D eigenvalue weighted by molar-refractivity contribution is 0.237. The van der Waals surface area contributed by atoms with E-state index in [0.29, 0.717) is 6.54 Å². The molecule has 0 unspecified atom stereocenters. The molecule has 2 amide bonds. The number of hydrogen-bond donors (Lipinski definition) is 2. The number of aromatic nitrogens is 4. The van der Waals surface area contributed by atoms with Crippen LogP contribution in [0.3, 0.4) is 0 Å². The van der Waals surface area contributed by atoms with Gasteiger partial charge in [0.1, 0.15) is 0 Å². The molecule has 0 aliphatic heterocycles. The number of nitrogens with zero attached hydrogens (tertiary/aromatic N) is 4. The molecule has 31 heavy (non-hydrogen) atoms. The zero-order chi connectivity index (χ0) is 21.8. The summed E-state index contributed by atoms with van der Waals surface area (Å²) in [6.45, 7) is 6.42. The van der Waals surface area contributed by atoms with Crippen molar-refractivity contribution >= 4 is 6.03 Å². The molecule has 0 radical (unpaired) electrons. The van der Waals surface area contributed by atoms with E-state index in [9.17, 15) is 4.79 Å². The number of rotatable bonds is 6. The summed E-state index contributed by atoms with van der Waals surface area (Å²) >= 11 is 0. The third-order valence-electron chi connectivity index (χ3n) is 5.25. The van der Waals surface area contributed by atoms with Gasteiger partial charge in [0.15, 0.2) is 0 Å². The number of aryl methyl sites for hydroxylation is 1. The van der Waals surface area contributed by atoms with Crippen LogP contribution in [0.15, 0.2) is 73.2 Å². The number of hydrogen-bond acceptors (Lipinski definition) is 3. The Bertz CT molecular complexity index is 1160. The fourth-order valence-electron chi connectivity index (χ4n) is 3.47. The highest BCUT2D eigenvalue weighted by molar-refractivity contribution is 5.74. The van der Waals surface area contributed by atoms with E-state index in [1.54, 1.807) is 10.9 Å². The number of nitrogens with one attached hydrogen (secondary N) is 2. The lowest BCUT2D eigenvalue weighted by Gasteiger charge is -2.15. The molecule has 0 fully saturated rings. The zero-order valence-corrected chi connectivity index (χ0v) is 17.9. The molecule has 0 saturated carbocycles. The molecule has 158 valence electrons. The van der Waals surface area contributed by atoms with Crippen molar-refractivity contribution in [3.05, 3.63) is 95.6 Å². The molecule has 2 aromatic carbocycles. The number of carbonyl (C=O) groups is 1. The number of carbonyl (C=O) groups excluding carboxylic acids is 1. The van der Waals surface area contributed by atoms with Gasteiger partial charge in [-0.25, -0.2) is 14.2 Å². The van der Waals surface area contributed by atoms with Crippen LogP contribution in [0, 0.1) is 13.8 Å². The molecule has 4 aromatic rings. The second kappa shape index (κ2) is 8.87. The molecule has 0 bridgehead atoms. The molecule has 0 aliphatic rings. The minimum Gasteiger partial charge on any atom is -0.334 e. The van der Waals surface area contributed by atoms with Gasteiger partial charge in [-0.1, -0.05) is 35.9 Å². The van der Waals surface area contributed by atoms with E-state index >= 15 is 0 Å². The van der Waals surface area contributed by atoms with Crippen molar-refractivity contribution < 1.29 is 4.79 Å². The average molecular weight is 415 g/mol. The quantitative estimate of drug-likeness (QED) is 0.496. The zero-order valence-electron chi connectivity index (χ0n) is 17.9. The fourth-order valence-corrected chi connectivity index (χ4v) is 3.47. The summed E-state index contributed by atoms with van der Waals surface area (Å²) < 4.78 is 3.68. The smallest absolute Gasteiger partial charge is 0.315 e. The Morgan fingerprint density at radius 1 is 0.968 bits per heavy atom. The molecule has 1 atom stereocenters. The van der Waals surface area contributed by atoms with Gasteiger partial charge in [0.05, 0.1) is 29.8 Å². The van der Waals surface area contributed by atoms with Gasteiger partial charge in [-0.15, -0.1) is 0 Å². The molecule has 7 heteroatoms. The molecule has 0 aliphatic carbocycles. The van der Waals surface area contributed by atoms with E-state index in [1.807, 2.05) is 73.4 Å². The second-order valence-electron chi connectivity index (χ2n) is 7.61. The van der Waals surface area contributed by atoms with E-state index in [0.717, 1.165) is 28.2 Å². The van der Waals surface area contributed by atoms with Crippen molar-refractivity contribution in [3.63, 3.8) is 0 Å². The first-order chi connectivity index (χ1) is 15.0. The van der Waals surface area contributed by atoms with Crippen molar-refractivity contribution in [2.45, 2.75) is 33.4 Å². The number of urea groups is 1. The summed E-state index contributed by atoms with van der Waals surface area (Å²) in [5, 5.41) is 14.7. The summed E-state index contributed by atoms with van der Waals surface area (Å²) in [6, 6.07) is 17.7. The highest BCUT2D eigenvalue weighted by Crippen LogP contribution is 2.20. The SMILES string of the molecule is Cc1ccc(-n2ncc([C@H](C)NC(=O)NCc3cnn(-c4ccccc4)c3)c2C)cc1. The van der Waals surface area contributed by atoms with Gasteiger partial charge in [0, 0.05) is 29.6 Å². The Morgan fingerprint density at radius 3 is 2.45 bits per heavy atom. The van der Waals surface area contributed by atoms with Gasteiger partial charge >= 0.3 is 6.03 Å². The molecular formula is C24H26N6O. The Labute approximate surface area is 181 Å². The van der Waals surface area contributed by atoms with Gasteiger partial charge in [-0.05, 0) is 45.0 Å². The molecule has 2 aromatic heterocycles. The predicted molar refractivity (Wildman–Crippen MR) is 120 cm³/mol. The number of para-hydroxylation sites is 1. The molecule has 0 saturated heterocycles. The van der Waals surface area contributed by atoms with Crippen molar-refractivity contribution in [1.82, 2.24) is 30.2 Å². The molecule has 0 spiro atoms. The summed E-state index contributed by atoms with van der Waals surface area (Å²) in [7, 11) is 0. The summed E-state index contributed by atoms with van der Waals surface area (Å²) in [5.74, 6) is 0. The van der Waals surface area contributed by atoms with Gasteiger partial charge < -0.3 is 10.6 Å². The molecule has 4 rings (SSSR count). The topological polar surface area (TPSA) is 76.8 Å². The number of benzene rings is 2. The molecular weight excluding hydrogens is 388 g/mol. The van der Waals surface area contributed by atoms with Crippen LogP contribution in [0.2, 0.25) is 0 Å². The minimum atomic E-state index is -0.234. The predicted octanol–water partition coefficient (Wildman–Crippen LogP) is 4.24. The lowest BCUT2D eigenvalue weighted by Crippen LogP contribution is -2.36. The molecule has 2 N–H and O–H groups in total. The first-order valence-electron chi connectivity index (χ1n) is 10.3. The van der Waals surface area contributed by atoms with Crippen LogP contribution >= 0.6 is 0 Å². The molecule has 2 heterocycles. The third-order valence-corrected chi connectivity index (χ3v) is 5.25. The third kappa shape index (κ3) is 4.66. The van der Waals surface area contributed by atoms with Crippen LogP contribution in [0.5, 0.6) is 0 Å². The standard InChI is InChI=1S/C24H26N6O/c1-17-9-11-22(12-10-17)30-19(3)23(15-27-30)18(2)28-24(31)25-13-20-14-26-29(16-20)21-7-5-4-6-8-21/h4-12,14-16,18H,13H2,1-3H3,(H2,25,28,31)/t18-/m0/s1. The monoisotopic (exact) mass is 414 g/mol. The van der Waals surface area contributed by atoms with Crippen LogP contribution in [0.4, 0.5) is 4.79 Å². The Kier molecular flexibility index (Phi) is 5.84. The van der Waals surface area contributed by atoms with Crippen molar-refractivity contribution in [2.24, 2.45) is 0 Å². The normalized spacial score (nSPS) is 11.8. The Morgan fingerprint density at radius 2 is 1.71 bits per heavy atom. The second-order valence-corrected chi connectivity index (χ2v) is 7.61. The van der Waals surface area contributed by atoms with Crippen molar-refractivity contribution in [1.29, 1.82) is 0 Å². The molecule has 7 nitrogen and oxygen atoms in total. The maximum absolute atomic E-state index is 12.4. The van der Waals surface area contributed by atoms with Gasteiger partial charge in [-0.2, -0.15) is 10.2 Å². The highest BCUT2D eigenvalue weighted by atomic mass is 16.2.